The number of aromatic nitrogens is 4. The van der Waals surface area contributed by atoms with Crippen molar-refractivity contribution < 1.29 is 5.11 Å². The molecule has 3 N–H and O–H groups in total. The van der Waals surface area contributed by atoms with Gasteiger partial charge in [0.05, 0.1) is 5.69 Å². The topological polar surface area (TPSA) is 89.8 Å². The van der Waals surface area contributed by atoms with Crippen molar-refractivity contribution in [2.45, 2.75) is 6.54 Å². The Labute approximate surface area is 138 Å². The van der Waals surface area contributed by atoms with Gasteiger partial charge in [-0.15, -0.1) is 5.10 Å². The maximum absolute atomic E-state index is 10.1. The molecule has 6 nitrogen and oxygen atoms in total. The monoisotopic (exact) mass is 317 g/mol. The highest BCUT2D eigenvalue weighted by molar-refractivity contribution is 5.94. The van der Waals surface area contributed by atoms with E-state index in [-0.39, 0.29) is 12.3 Å². The highest BCUT2D eigenvalue weighted by Crippen LogP contribution is 2.31. The Kier molecular flexibility index (Phi) is 3.44. The molecular formula is C18H15N5O. The van der Waals surface area contributed by atoms with Crippen LogP contribution in [0.3, 0.4) is 0 Å². The van der Waals surface area contributed by atoms with Crippen LogP contribution in [0.25, 0.3) is 27.7 Å². The standard InChI is InChI=1S/C18H15N5O/c19-10-15-18(12-4-3-9-20-11-12)23(22-21-15)16-7-1-6-14-13(16)5-2-8-17(14)24/h1-9,11,24H,10,19H2. The number of rotatable bonds is 3. The van der Waals surface area contributed by atoms with Crippen molar-refractivity contribution in [3.05, 3.63) is 66.6 Å². The minimum Gasteiger partial charge on any atom is -0.507 e. The van der Waals surface area contributed by atoms with E-state index in [0.717, 1.165) is 27.7 Å². The van der Waals surface area contributed by atoms with E-state index in [1.54, 1.807) is 23.1 Å². The van der Waals surface area contributed by atoms with E-state index in [4.69, 9.17) is 5.73 Å². The Morgan fingerprint density at radius 3 is 2.62 bits per heavy atom. The van der Waals surface area contributed by atoms with Gasteiger partial charge < -0.3 is 10.8 Å². The molecule has 0 fully saturated rings. The lowest BCUT2D eigenvalue weighted by atomic mass is 10.1. The molecule has 0 aliphatic rings. The molecule has 4 aromatic rings. The Morgan fingerprint density at radius 1 is 1.00 bits per heavy atom. The Morgan fingerprint density at radius 2 is 1.83 bits per heavy atom. The third kappa shape index (κ3) is 2.21. The molecule has 0 atom stereocenters. The van der Waals surface area contributed by atoms with E-state index < -0.39 is 0 Å². The van der Waals surface area contributed by atoms with Crippen LogP contribution in [0.5, 0.6) is 5.75 Å². The summed E-state index contributed by atoms with van der Waals surface area (Å²) >= 11 is 0. The van der Waals surface area contributed by atoms with Crippen molar-refractivity contribution in [3.63, 3.8) is 0 Å². The first-order valence-corrected chi connectivity index (χ1v) is 7.55. The van der Waals surface area contributed by atoms with Gasteiger partial charge in [-0.3, -0.25) is 4.98 Å². The maximum Gasteiger partial charge on any atom is 0.123 e. The predicted molar refractivity (Wildman–Crippen MR) is 91.7 cm³/mol. The molecule has 24 heavy (non-hydrogen) atoms. The number of phenolic OH excluding ortho intramolecular Hbond substituents is 1. The van der Waals surface area contributed by atoms with Gasteiger partial charge in [0.1, 0.15) is 17.1 Å². The first-order valence-electron chi connectivity index (χ1n) is 7.55. The fourth-order valence-corrected chi connectivity index (χ4v) is 2.87. The normalized spacial score (nSPS) is 11.0. The lowest BCUT2D eigenvalue weighted by molar-refractivity contribution is 0.481. The SMILES string of the molecule is NCc1nnn(-c2cccc3c(O)cccc23)c1-c1cccnc1. The molecule has 0 aliphatic heterocycles. The number of benzene rings is 2. The molecule has 0 amide bonds. The molecule has 0 saturated carbocycles. The average molecular weight is 317 g/mol. The highest BCUT2D eigenvalue weighted by atomic mass is 16.3. The summed E-state index contributed by atoms with van der Waals surface area (Å²) in [6.45, 7) is 0.278. The molecule has 2 aromatic heterocycles. The summed E-state index contributed by atoms with van der Waals surface area (Å²) in [6.07, 6.45) is 3.48. The second-order valence-corrected chi connectivity index (χ2v) is 5.39. The summed E-state index contributed by atoms with van der Waals surface area (Å²) in [4.78, 5) is 4.18. The first kappa shape index (κ1) is 14.3. The summed E-state index contributed by atoms with van der Waals surface area (Å²) in [5.41, 5.74) is 9.06. The van der Waals surface area contributed by atoms with E-state index >= 15 is 0 Å². The zero-order valence-corrected chi connectivity index (χ0v) is 12.8. The molecule has 0 aliphatic carbocycles. The van der Waals surface area contributed by atoms with Gasteiger partial charge in [-0.1, -0.05) is 29.5 Å². The van der Waals surface area contributed by atoms with E-state index in [9.17, 15) is 5.11 Å². The van der Waals surface area contributed by atoms with Gasteiger partial charge in [0.15, 0.2) is 0 Å². The lowest BCUT2D eigenvalue weighted by Gasteiger charge is -2.11. The average Bonchev–Trinajstić information content (AvgIpc) is 3.06. The van der Waals surface area contributed by atoms with Gasteiger partial charge in [-0.05, 0) is 24.3 Å². The van der Waals surface area contributed by atoms with E-state index in [1.165, 1.54) is 0 Å². The Bertz CT molecular complexity index is 1010. The number of nitrogens with zero attached hydrogens (tertiary/aromatic N) is 4. The molecule has 6 heteroatoms. The Hall–Kier alpha value is -3.25. The summed E-state index contributed by atoms with van der Waals surface area (Å²) < 4.78 is 1.75. The second-order valence-electron chi connectivity index (χ2n) is 5.39. The van der Waals surface area contributed by atoms with Crippen LogP contribution in [0.2, 0.25) is 0 Å². The first-order chi connectivity index (χ1) is 11.8. The molecule has 2 aromatic carbocycles. The molecule has 0 saturated heterocycles. The fraction of sp³-hybridized carbons (Fsp3) is 0.0556. The van der Waals surface area contributed by atoms with Gasteiger partial charge in [-0.2, -0.15) is 0 Å². The van der Waals surface area contributed by atoms with Crippen molar-refractivity contribution in [3.8, 4) is 22.7 Å². The van der Waals surface area contributed by atoms with Crippen molar-refractivity contribution in [2.24, 2.45) is 5.73 Å². The number of hydrogen-bond acceptors (Lipinski definition) is 5. The minimum absolute atomic E-state index is 0.233. The summed E-state index contributed by atoms with van der Waals surface area (Å²) in [5.74, 6) is 0.233. The second kappa shape index (κ2) is 5.75. The minimum atomic E-state index is 0.233. The van der Waals surface area contributed by atoms with Crippen LogP contribution in [-0.2, 0) is 6.54 Å². The van der Waals surface area contributed by atoms with Gasteiger partial charge in [0.2, 0.25) is 0 Å². The van der Waals surface area contributed by atoms with E-state index in [0.29, 0.717) is 5.69 Å². The van der Waals surface area contributed by atoms with Crippen LogP contribution < -0.4 is 5.73 Å². The molecule has 0 bridgehead atoms. The van der Waals surface area contributed by atoms with Crippen molar-refractivity contribution in [2.75, 3.05) is 0 Å². The Balaban J connectivity index is 2.03. The number of fused-ring (bicyclic) bond motifs is 1. The molecule has 0 unspecified atom stereocenters. The largest absolute Gasteiger partial charge is 0.507 e. The summed E-state index contributed by atoms with van der Waals surface area (Å²) in [5, 5.41) is 20.3. The van der Waals surface area contributed by atoms with Crippen LogP contribution in [0.1, 0.15) is 5.69 Å². The van der Waals surface area contributed by atoms with Crippen LogP contribution in [0.4, 0.5) is 0 Å². The lowest BCUT2D eigenvalue weighted by Crippen LogP contribution is -2.03. The number of pyridine rings is 1. The van der Waals surface area contributed by atoms with Crippen molar-refractivity contribution in [1.29, 1.82) is 0 Å². The van der Waals surface area contributed by atoms with Crippen LogP contribution in [0, 0.1) is 0 Å². The van der Waals surface area contributed by atoms with Gasteiger partial charge in [0, 0.05) is 35.3 Å². The van der Waals surface area contributed by atoms with Crippen LogP contribution in [0.15, 0.2) is 60.9 Å². The maximum atomic E-state index is 10.1. The predicted octanol–water partition coefficient (Wildman–Crippen LogP) is 2.65. The molecule has 0 spiro atoms. The molecule has 4 rings (SSSR count). The van der Waals surface area contributed by atoms with E-state index in [1.807, 2.05) is 42.5 Å². The van der Waals surface area contributed by atoms with Crippen LogP contribution >= 0.6 is 0 Å². The zero-order chi connectivity index (χ0) is 16.5. The summed E-state index contributed by atoms with van der Waals surface area (Å²) in [6, 6.07) is 14.9. The van der Waals surface area contributed by atoms with Gasteiger partial charge in [-0.25, -0.2) is 4.68 Å². The number of hydrogen-bond donors (Lipinski definition) is 2. The number of phenols is 1. The fourth-order valence-electron chi connectivity index (χ4n) is 2.87. The highest BCUT2D eigenvalue weighted by Gasteiger charge is 2.17. The third-order valence-electron chi connectivity index (χ3n) is 3.97. The van der Waals surface area contributed by atoms with Crippen molar-refractivity contribution >= 4 is 10.8 Å². The van der Waals surface area contributed by atoms with Crippen LogP contribution in [-0.4, -0.2) is 25.1 Å². The molecule has 0 radical (unpaired) electrons. The third-order valence-corrected chi connectivity index (χ3v) is 3.97. The molecule has 118 valence electrons. The van der Waals surface area contributed by atoms with Gasteiger partial charge in [0.25, 0.3) is 0 Å². The molecular weight excluding hydrogens is 302 g/mol. The van der Waals surface area contributed by atoms with Crippen molar-refractivity contribution in [1.82, 2.24) is 20.0 Å². The van der Waals surface area contributed by atoms with Gasteiger partial charge >= 0.3 is 0 Å². The number of aromatic hydroxyl groups is 1. The smallest absolute Gasteiger partial charge is 0.123 e. The van der Waals surface area contributed by atoms with E-state index in [2.05, 4.69) is 15.3 Å². The zero-order valence-electron chi connectivity index (χ0n) is 12.8. The summed E-state index contributed by atoms with van der Waals surface area (Å²) in [7, 11) is 0. The quantitative estimate of drug-likeness (QED) is 0.606. The number of nitrogens with two attached hydrogens (primary N) is 1. The molecule has 2 heterocycles.